The lowest BCUT2D eigenvalue weighted by atomic mass is 10.1. The number of nitrogens with zero attached hydrogens (tertiary/aromatic N) is 1. The normalized spacial score (nSPS) is 17.4. The molecule has 0 unspecified atom stereocenters. The van der Waals surface area contributed by atoms with Gasteiger partial charge < -0.3 is 0 Å². The minimum atomic E-state index is 0.560. The Labute approximate surface area is 49.3 Å². The third-order valence-electron chi connectivity index (χ3n) is 1.30. The maximum Gasteiger partial charge on any atom is 0.219 e. The number of nitrogens with two attached hydrogens (primary N) is 1. The van der Waals surface area contributed by atoms with Crippen LogP contribution in [0, 0.1) is 5.92 Å². The summed E-state index contributed by atoms with van der Waals surface area (Å²) >= 11 is 0. The number of allylic oxidation sites excluding steroid dienone is 1. The zero-order chi connectivity index (χ0) is 6.15. The summed E-state index contributed by atoms with van der Waals surface area (Å²) in [6.07, 6.45) is 3.89. The highest BCUT2D eigenvalue weighted by molar-refractivity contribution is 5.94. The Morgan fingerprint density at radius 2 is 2.25 bits per heavy atom. The van der Waals surface area contributed by atoms with Crippen molar-refractivity contribution in [1.82, 2.24) is 0 Å². The van der Waals surface area contributed by atoms with Gasteiger partial charge in [-0.25, -0.2) is 5.84 Å². The second-order valence-corrected chi connectivity index (χ2v) is 2.30. The van der Waals surface area contributed by atoms with Gasteiger partial charge in [-0.2, -0.15) is 0 Å². The number of hydrogen-bond donors (Lipinski definition) is 1. The Balaban J connectivity index is 2.61. The highest BCUT2D eigenvalue weighted by Crippen LogP contribution is 2.03. The van der Waals surface area contributed by atoms with Crippen molar-refractivity contribution >= 4 is 5.71 Å². The minimum absolute atomic E-state index is 0.560. The molecule has 0 saturated heterocycles. The van der Waals surface area contributed by atoms with Crippen molar-refractivity contribution in [2.45, 2.75) is 13.8 Å². The Bertz CT molecular complexity index is 154. The minimum Gasteiger partial charge on any atom is -0.205 e. The van der Waals surface area contributed by atoms with Crippen LogP contribution in [0.3, 0.4) is 0 Å². The van der Waals surface area contributed by atoms with Crippen LogP contribution in [0.15, 0.2) is 12.3 Å². The Kier molecular flexibility index (Phi) is 1.08. The zero-order valence-electron chi connectivity index (χ0n) is 5.26. The van der Waals surface area contributed by atoms with Crippen molar-refractivity contribution in [3.8, 4) is 0 Å². The van der Waals surface area contributed by atoms with E-state index >= 15 is 0 Å². The first-order chi connectivity index (χ1) is 3.72. The molecule has 44 valence electrons. The van der Waals surface area contributed by atoms with Gasteiger partial charge in [-0.15, -0.1) is 0 Å². The van der Waals surface area contributed by atoms with E-state index in [1.165, 1.54) is 5.71 Å². The zero-order valence-corrected chi connectivity index (χ0v) is 5.26. The monoisotopic (exact) mass is 111 g/mol. The van der Waals surface area contributed by atoms with Gasteiger partial charge in [0.05, 0.1) is 6.08 Å². The number of hydrazone groups is 1. The van der Waals surface area contributed by atoms with Crippen LogP contribution in [0.2, 0.25) is 0 Å². The van der Waals surface area contributed by atoms with Crippen molar-refractivity contribution < 1.29 is 4.68 Å². The molecule has 1 heterocycles. The van der Waals surface area contributed by atoms with E-state index in [1.54, 1.807) is 4.68 Å². The molecule has 0 aromatic carbocycles. The summed E-state index contributed by atoms with van der Waals surface area (Å²) in [6.45, 7) is 4.25. The van der Waals surface area contributed by atoms with E-state index in [0.29, 0.717) is 5.92 Å². The standard InChI is InChI=1S/C6H11N2/c1-5(2)6-3-4-8(6)7/h3-5H,7H2,1-2H3/q+1. The van der Waals surface area contributed by atoms with Crippen molar-refractivity contribution in [2.75, 3.05) is 0 Å². The van der Waals surface area contributed by atoms with Crippen molar-refractivity contribution in [3.63, 3.8) is 0 Å². The third kappa shape index (κ3) is 0.619. The molecule has 1 rings (SSSR count). The molecule has 0 aromatic rings. The SMILES string of the molecule is CC(C)C1=[N+](N)C=C1. The summed E-state index contributed by atoms with van der Waals surface area (Å²) < 4.78 is 1.66. The molecule has 1 aliphatic rings. The van der Waals surface area contributed by atoms with Crippen LogP contribution in [-0.2, 0) is 0 Å². The molecule has 0 saturated carbocycles. The lowest BCUT2D eigenvalue weighted by Gasteiger charge is -2.05. The van der Waals surface area contributed by atoms with E-state index in [1.807, 2.05) is 12.3 Å². The van der Waals surface area contributed by atoms with E-state index in [-0.39, 0.29) is 0 Å². The first kappa shape index (κ1) is 5.35. The fraction of sp³-hybridized carbons (Fsp3) is 0.500. The fourth-order valence-corrected chi connectivity index (χ4v) is 0.737. The first-order valence-corrected chi connectivity index (χ1v) is 2.81. The maximum atomic E-state index is 5.43. The van der Waals surface area contributed by atoms with Gasteiger partial charge in [0.2, 0.25) is 11.9 Å². The Morgan fingerprint density at radius 1 is 1.62 bits per heavy atom. The van der Waals surface area contributed by atoms with Crippen molar-refractivity contribution in [1.29, 1.82) is 0 Å². The van der Waals surface area contributed by atoms with Crippen LogP contribution >= 0.6 is 0 Å². The molecule has 1 aliphatic heterocycles. The van der Waals surface area contributed by atoms with Crippen LogP contribution in [0.5, 0.6) is 0 Å². The third-order valence-corrected chi connectivity index (χ3v) is 1.30. The van der Waals surface area contributed by atoms with Crippen LogP contribution < -0.4 is 5.84 Å². The van der Waals surface area contributed by atoms with Crippen molar-refractivity contribution in [3.05, 3.63) is 12.3 Å². The van der Waals surface area contributed by atoms with Gasteiger partial charge in [0.1, 0.15) is 0 Å². The molecule has 0 amide bonds. The first-order valence-electron chi connectivity index (χ1n) is 2.81. The second-order valence-electron chi connectivity index (χ2n) is 2.30. The summed E-state index contributed by atoms with van der Waals surface area (Å²) in [4.78, 5) is 0. The number of rotatable bonds is 1. The van der Waals surface area contributed by atoms with Crippen molar-refractivity contribution in [2.24, 2.45) is 11.8 Å². The van der Waals surface area contributed by atoms with Gasteiger partial charge in [-0.1, -0.05) is 18.5 Å². The molecule has 0 bridgehead atoms. The average Bonchev–Trinajstić information content (AvgIpc) is 1.61. The van der Waals surface area contributed by atoms with Gasteiger partial charge in [-0.3, -0.25) is 0 Å². The molecule has 8 heavy (non-hydrogen) atoms. The van der Waals surface area contributed by atoms with Gasteiger partial charge in [0, 0.05) is 5.92 Å². The number of hydrazine groups is 1. The predicted octanol–water partition coefficient (Wildman–Crippen LogP) is 0.497. The van der Waals surface area contributed by atoms with E-state index < -0.39 is 0 Å². The van der Waals surface area contributed by atoms with E-state index in [0.717, 1.165) is 0 Å². The molecule has 2 nitrogen and oxygen atoms in total. The number of hydrogen-bond acceptors (Lipinski definition) is 1. The highest BCUT2D eigenvalue weighted by atomic mass is 15.3. The molecule has 0 spiro atoms. The van der Waals surface area contributed by atoms with Crippen LogP contribution in [0.4, 0.5) is 0 Å². The topological polar surface area (TPSA) is 29.0 Å². The van der Waals surface area contributed by atoms with E-state index in [4.69, 9.17) is 5.84 Å². The fourth-order valence-electron chi connectivity index (χ4n) is 0.737. The summed E-state index contributed by atoms with van der Waals surface area (Å²) in [7, 11) is 0. The van der Waals surface area contributed by atoms with Gasteiger partial charge >= 0.3 is 0 Å². The quantitative estimate of drug-likeness (QED) is 0.387. The van der Waals surface area contributed by atoms with E-state index in [9.17, 15) is 0 Å². The summed E-state index contributed by atoms with van der Waals surface area (Å²) in [5, 5.41) is 0. The molecule has 0 aliphatic carbocycles. The largest absolute Gasteiger partial charge is 0.219 e. The summed E-state index contributed by atoms with van der Waals surface area (Å²) in [5.74, 6) is 5.99. The maximum absolute atomic E-state index is 5.43. The Morgan fingerprint density at radius 3 is 2.25 bits per heavy atom. The molecule has 0 fully saturated rings. The van der Waals surface area contributed by atoms with Crippen LogP contribution in [-0.4, -0.2) is 10.4 Å². The van der Waals surface area contributed by atoms with Crippen LogP contribution in [0.25, 0.3) is 0 Å². The van der Waals surface area contributed by atoms with Gasteiger partial charge in [-0.05, 0) is 0 Å². The average molecular weight is 111 g/mol. The Hall–Kier alpha value is -0.790. The molecular weight excluding hydrogens is 100 g/mol. The second kappa shape index (κ2) is 1.62. The summed E-state index contributed by atoms with van der Waals surface area (Å²) in [6, 6.07) is 0. The predicted molar refractivity (Wildman–Crippen MR) is 33.4 cm³/mol. The molecule has 0 aromatic heterocycles. The summed E-state index contributed by atoms with van der Waals surface area (Å²) in [5.41, 5.74) is 1.21. The van der Waals surface area contributed by atoms with Crippen LogP contribution in [0.1, 0.15) is 13.8 Å². The molecule has 2 N–H and O–H groups in total. The molecule has 0 atom stereocenters. The molecule has 2 heteroatoms. The smallest absolute Gasteiger partial charge is 0.205 e. The van der Waals surface area contributed by atoms with E-state index in [2.05, 4.69) is 13.8 Å². The highest BCUT2D eigenvalue weighted by Gasteiger charge is 2.19. The molecule has 0 radical (unpaired) electrons. The van der Waals surface area contributed by atoms with Gasteiger partial charge in [0.25, 0.3) is 0 Å². The van der Waals surface area contributed by atoms with Gasteiger partial charge in [0.15, 0.2) is 0 Å². The lowest BCUT2D eigenvalue weighted by molar-refractivity contribution is -0.481. The lowest BCUT2D eigenvalue weighted by Crippen LogP contribution is -2.31. The molecular formula is C6H11N2+.